The maximum Gasteiger partial charge on any atom is 0.261 e. The highest BCUT2D eigenvalue weighted by Crippen LogP contribution is 2.47. The zero-order valence-corrected chi connectivity index (χ0v) is 18.6. The fourth-order valence-corrected chi connectivity index (χ4v) is 5.98. The third kappa shape index (κ3) is 4.89. The predicted octanol–water partition coefficient (Wildman–Crippen LogP) is 3.61. The molecule has 0 N–H and O–H groups in total. The number of furan rings is 1. The first-order valence-electron chi connectivity index (χ1n) is 10.5. The quantitative estimate of drug-likeness (QED) is 0.669. The number of carbonyl (C=O) groups is 1. The second-order valence-corrected chi connectivity index (χ2v) is 11.0. The van der Waals surface area contributed by atoms with Crippen molar-refractivity contribution < 1.29 is 22.4 Å². The molecule has 1 saturated heterocycles. The Morgan fingerprint density at radius 1 is 1.20 bits per heavy atom. The van der Waals surface area contributed by atoms with Gasteiger partial charge in [0.15, 0.2) is 16.4 Å². The zero-order valence-electron chi connectivity index (χ0n) is 17.8. The summed E-state index contributed by atoms with van der Waals surface area (Å²) in [6.45, 7) is 6.28. The molecule has 3 atom stereocenters. The Bertz CT molecular complexity index is 1020. The summed E-state index contributed by atoms with van der Waals surface area (Å²) in [5, 5.41) is 0. The van der Waals surface area contributed by atoms with Crippen LogP contribution < -0.4 is 4.74 Å². The molecule has 2 aliphatic rings. The van der Waals surface area contributed by atoms with Crippen molar-refractivity contribution in [2.45, 2.75) is 52.1 Å². The molecule has 1 amide bonds. The fraction of sp³-hybridized carbons (Fsp3) is 0.522. The fourth-order valence-electron chi connectivity index (χ4n) is 4.25. The molecule has 30 heavy (non-hydrogen) atoms. The summed E-state index contributed by atoms with van der Waals surface area (Å²) in [6, 6.07) is 9.34. The molecule has 2 heterocycles. The summed E-state index contributed by atoms with van der Waals surface area (Å²) < 4.78 is 35.8. The molecule has 0 radical (unpaired) electrons. The van der Waals surface area contributed by atoms with Crippen molar-refractivity contribution in [1.29, 1.82) is 0 Å². The Hall–Kier alpha value is -2.28. The summed E-state index contributed by atoms with van der Waals surface area (Å²) in [5.41, 5.74) is 2.13. The van der Waals surface area contributed by atoms with Gasteiger partial charge in [-0.2, -0.15) is 0 Å². The average molecular weight is 432 g/mol. The summed E-state index contributed by atoms with van der Waals surface area (Å²) in [4.78, 5) is 14.7. The van der Waals surface area contributed by atoms with Gasteiger partial charge in [-0.15, -0.1) is 0 Å². The van der Waals surface area contributed by atoms with Gasteiger partial charge in [0.1, 0.15) is 17.3 Å². The minimum Gasteiger partial charge on any atom is -0.484 e. The van der Waals surface area contributed by atoms with Crippen LogP contribution in [0, 0.1) is 19.8 Å². The Kier molecular flexibility index (Phi) is 5.66. The number of rotatable bonds is 7. The number of hydrogen-bond donors (Lipinski definition) is 0. The van der Waals surface area contributed by atoms with Gasteiger partial charge in [0.05, 0.1) is 18.1 Å². The molecule has 3 unspecified atom stereocenters. The molecule has 0 spiro atoms. The molecule has 1 aliphatic heterocycles. The van der Waals surface area contributed by atoms with E-state index in [-0.39, 0.29) is 36.6 Å². The molecule has 2 fully saturated rings. The van der Waals surface area contributed by atoms with Crippen molar-refractivity contribution in [2.75, 3.05) is 18.1 Å². The highest BCUT2D eigenvalue weighted by atomic mass is 32.2. The molecule has 1 aromatic carbocycles. The normalized spacial score (nSPS) is 24.6. The van der Waals surface area contributed by atoms with Crippen LogP contribution in [0.1, 0.15) is 48.3 Å². The topological polar surface area (TPSA) is 76.8 Å². The smallest absolute Gasteiger partial charge is 0.261 e. The number of nitrogens with zero attached hydrogens (tertiary/aromatic N) is 1. The molecule has 7 heteroatoms. The SMILES string of the molecule is Cc1cc(C)cc(OCC(=O)N(Cc2ccc(C3CC3C)o2)C2CCS(=O)(=O)C2)c1. The van der Waals surface area contributed by atoms with Crippen LogP contribution in [-0.2, 0) is 21.2 Å². The Labute approximate surface area is 178 Å². The van der Waals surface area contributed by atoms with Crippen LogP contribution in [0.2, 0.25) is 0 Å². The van der Waals surface area contributed by atoms with E-state index in [4.69, 9.17) is 9.15 Å². The van der Waals surface area contributed by atoms with Gasteiger partial charge in [-0.3, -0.25) is 4.79 Å². The molecule has 2 aromatic rings. The molecule has 0 bridgehead atoms. The van der Waals surface area contributed by atoms with Crippen LogP contribution in [0.15, 0.2) is 34.7 Å². The summed E-state index contributed by atoms with van der Waals surface area (Å²) in [6.07, 6.45) is 1.57. The number of carbonyl (C=O) groups excluding carboxylic acids is 1. The summed E-state index contributed by atoms with van der Waals surface area (Å²) in [7, 11) is -3.12. The van der Waals surface area contributed by atoms with E-state index in [1.807, 2.05) is 44.2 Å². The molecule has 1 saturated carbocycles. The van der Waals surface area contributed by atoms with E-state index in [9.17, 15) is 13.2 Å². The van der Waals surface area contributed by atoms with Gasteiger partial charge in [0.25, 0.3) is 5.91 Å². The second kappa shape index (κ2) is 8.10. The minimum absolute atomic E-state index is 0.00445. The van der Waals surface area contributed by atoms with Gasteiger partial charge in [-0.25, -0.2) is 8.42 Å². The Morgan fingerprint density at radius 2 is 1.90 bits per heavy atom. The largest absolute Gasteiger partial charge is 0.484 e. The van der Waals surface area contributed by atoms with Crippen molar-refractivity contribution in [3.05, 3.63) is 53.0 Å². The number of ether oxygens (including phenoxy) is 1. The average Bonchev–Trinajstić information content (AvgIpc) is 3.06. The third-order valence-electron chi connectivity index (χ3n) is 6.01. The van der Waals surface area contributed by atoms with Crippen molar-refractivity contribution in [2.24, 2.45) is 5.92 Å². The Balaban J connectivity index is 1.47. The van der Waals surface area contributed by atoms with E-state index in [0.717, 1.165) is 23.3 Å². The monoisotopic (exact) mass is 431 g/mol. The van der Waals surface area contributed by atoms with Crippen LogP contribution in [0.5, 0.6) is 5.75 Å². The summed E-state index contributed by atoms with van der Waals surface area (Å²) >= 11 is 0. The molecule has 1 aromatic heterocycles. The lowest BCUT2D eigenvalue weighted by atomic mass is 10.1. The lowest BCUT2D eigenvalue weighted by Gasteiger charge is -2.27. The lowest BCUT2D eigenvalue weighted by molar-refractivity contribution is -0.136. The molecule has 6 nitrogen and oxygen atoms in total. The number of hydrogen-bond acceptors (Lipinski definition) is 5. The standard InChI is InChI=1S/C23H29NO5S/c1-15-8-16(2)10-20(9-15)28-13-23(25)24(18-6-7-30(26,27)14-18)12-19-4-5-22(29-19)21-11-17(21)3/h4-5,8-10,17-18,21H,6-7,11-14H2,1-3H3. The van der Waals surface area contributed by atoms with Crippen molar-refractivity contribution in [3.63, 3.8) is 0 Å². The van der Waals surface area contributed by atoms with Crippen molar-refractivity contribution in [3.8, 4) is 5.75 Å². The molecule has 4 rings (SSSR count). The first-order chi connectivity index (χ1) is 14.2. The molecule has 162 valence electrons. The predicted molar refractivity (Wildman–Crippen MR) is 114 cm³/mol. The maximum atomic E-state index is 13.1. The minimum atomic E-state index is -3.12. The first-order valence-corrected chi connectivity index (χ1v) is 12.3. The number of amides is 1. The zero-order chi connectivity index (χ0) is 21.5. The highest BCUT2D eigenvalue weighted by molar-refractivity contribution is 7.91. The van der Waals surface area contributed by atoms with Crippen LogP contribution in [0.25, 0.3) is 0 Å². The van der Waals surface area contributed by atoms with Gasteiger partial charge in [-0.05, 0) is 68.0 Å². The first kappa shape index (κ1) is 21.0. The third-order valence-corrected chi connectivity index (χ3v) is 7.76. The van der Waals surface area contributed by atoms with E-state index < -0.39 is 9.84 Å². The van der Waals surface area contributed by atoms with Crippen LogP contribution >= 0.6 is 0 Å². The number of aryl methyl sites for hydroxylation is 2. The van der Waals surface area contributed by atoms with E-state index in [2.05, 4.69) is 6.92 Å². The van der Waals surface area contributed by atoms with Crippen molar-refractivity contribution >= 4 is 15.7 Å². The summed E-state index contributed by atoms with van der Waals surface area (Å²) in [5.74, 6) is 3.26. The van der Waals surface area contributed by atoms with Crippen molar-refractivity contribution in [1.82, 2.24) is 4.90 Å². The van der Waals surface area contributed by atoms with E-state index >= 15 is 0 Å². The van der Waals surface area contributed by atoms with Gasteiger partial charge < -0.3 is 14.1 Å². The van der Waals surface area contributed by atoms with E-state index in [1.165, 1.54) is 0 Å². The lowest BCUT2D eigenvalue weighted by Crippen LogP contribution is -2.43. The maximum absolute atomic E-state index is 13.1. The number of benzene rings is 1. The Morgan fingerprint density at radius 3 is 2.50 bits per heavy atom. The van der Waals surface area contributed by atoms with Crippen LogP contribution in [0.3, 0.4) is 0 Å². The number of sulfone groups is 1. The van der Waals surface area contributed by atoms with E-state index in [0.29, 0.717) is 29.8 Å². The highest BCUT2D eigenvalue weighted by Gasteiger charge is 2.38. The molecular weight excluding hydrogens is 402 g/mol. The second-order valence-electron chi connectivity index (χ2n) is 8.81. The van der Waals surface area contributed by atoms with Gasteiger partial charge >= 0.3 is 0 Å². The van der Waals surface area contributed by atoms with Gasteiger partial charge in [0.2, 0.25) is 0 Å². The van der Waals surface area contributed by atoms with Gasteiger partial charge in [0, 0.05) is 12.0 Å². The molecule has 1 aliphatic carbocycles. The van der Waals surface area contributed by atoms with E-state index in [1.54, 1.807) is 4.90 Å². The van der Waals surface area contributed by atoms with Gasteiger partial charge in [-0.1, -0.05) is 13.0 Å². The molecular formula is C23H29NO5S. The van der Waals surface area contributed by atoms with Crippen LogP contribution in [-0.4, -0.2) is 43.4 Å². The van der Waals surface area contributed by atoms with Crippen LogP contribution in [0.4, 0.5) is 0 Å².